The summed E-state index contributed by atoms with van der Waals surface area (Å²) in [7, 11) is -4.80. The number of ether oxygens (including phenoxy) is 1. The van der Waals surface area contributed by atoms with E-state index in [2.05, 4.69) is 9.51 Å². The minimum Gasteiger partial charge on any atom is -0.488 e. The van der Waals surface area contributed by atoms with Crippen LogP contribution in [0.5, 0.6) is 5.75 Å². The van der Waals surface area contributed by atoms with Gasteiger partial charge in [-0.15, -0.1) is 0 Å². The van der Waals surface area contributed by atoms with E-state index in [0.717, 1.165) is 17.2 Å². The van der Waals surface area contributed by atoms with E-state index in [1.54, 1.807) is 12.1 Å². The van der Waals surface area contributed by atoms with Crippen molar-refractivity contribution in [2.45, 2.75) is 25.2 Å². The van der Waals surface area contributed by atoms with Crippen LogP contribution in [0, 0.1) is 0 Å². The van der Waals surface area contributed by atoms with E-state index in [1.807, 2.05) is 42.5 Å². The van der Waals surface area contributed by atoms with Crippen LogP contribution in [0.2, 0.25) is 0 Å². The number of hydrogen-bond donors (Lipinski definition) is 3. The highest BCUT2D eigenvalue weighted by molar-refractivity contribution is 7.46. The van der Waals surface area contributed by atoms with Gasteiger partial charge >= 0.3 is 14.0 Å². The summed E-state index contributed by atoms with van der Waals surface area (Å²) < 4.78 is 68.1. The number of rotatable bonds is 9. The first-order chi connectivity index (χ1) is 17.8. The predicted molar refractivity (Wildman–Crippen MR) is 133 cm³/mol. The minimum absolute atomic E-state index is 0.0265. The van der Waals surface area contributed by atoms with E-state index < -0.39 is 31.7 Å². The van der Waals surface area contributed by atoms with Gasteiger partial charge in [0.2, 0.25) is 5.89 Å². The number of benzene rings is 3. The fraction of sp³-hybridized carbons (Fsp3) is 0.192. The Labute approximate surface area is 216 Å². The first-order valence-electron chi connectivity index (χ1n) is 11.3. The summed E-state index contributed by atoms with van der Waals surface area (Å²) in [5.41, 5.74) is 6.17. The number of nitrogens with zero attached hydrogens (tertiary/aromatic N) is 1. The van der Waals surface area contributed by atoms with Crippen LogP contribution in [0.4, 0.5) is 13.2 Å². The van der Waals surface area contributed by atoms with E-state index in [4.69, 9.17) is 24.7 Å². The number of nitrogens with two attached hydrogens (primary N) is 1. The Balaban J connectivity index is 1.52. The van der Waals surface area contributed by atoms with E-state index in [9.17, 15) is 17.7 Å². The summed E-state index contributed by atoms with van der Waals surface area (Å²) >= 11 is 0. The Bertz CT molecular complexity index is 1430. The van der Waals surface area contributed by atoms with Crippen molar-refractivity contribution in [3.05, 3.63) is 96.0 Å². The van der Waals surface area contributed by atoms with Gasteiger partial charge in [0, 0.05) is 5.56 Å². The molecule has 4 aromatic rings. The maximum Gasteiger partial charge on any atom is 0.469 e. The average Bonchev–Trinajstić information content (AvgIpc) is 3.38. The van der Waals surface area contributed by atoms with Crippen LogP contribution in [0.1, 0.15) is 23.9 Å². The monoisotopic (exact) mass is 548 g/mol. The zero-order chi connectivity index (χ0) is 27.6. The third-order valence-electron chi connectivity index (χ3n) is 5.55. The molecule has 8 nitrogen and oxygen atoms in total. The van der Waals surface area contributed by atoms with Crippen molar-refractivity contribution in [2.75, 3.05) is 6.61 Å². The fourth-order valence-corrected chi connectivity index (χ4v) is 4.00. The van der Waals surface area contributed by atoms with Crippen LogP contribution in [-0.2, 0) is 27.4 Å². The second-order valence-corrected chi connectivity index (χ2v) is 10.0. The molecule has 0 saturated carbocycles. The van der Waals surface area contributed by atoms with E-state index in [1.165, 1.54) is 25.3 Å². The normalized spacial score (nSPS) is 13.8. The molecule has 0 spiro atoms. The smallest absolute Gasteiger partial charge is 0.469 e. The lowest BCUT2D eigenvalue weighted by molar-refractivity contribution is -0.139. The van der Waals surface area contributed by atoms with Crippen LogP contribution in [0.3, 0.4) is 0 Å². The Morgan fingerprint density at radius 2 is 1.61 bits per heavy atom. The van der Waals surface area contributed by atoms with Gasteiger partial charge in [-0.2, -0.15) is 13.2 Å². The van der Waals surface area contributed by atoms with Gasteiger partial charge in [-0.05, 0) is 41.8 Å². The molecule has 0 fully saturated rings. The van der Waals surface area contributed by atoms with Gasteiger partial charge in [-0.3, -0.25) is 4.52 Å². The largest absolute Gasteiger partial charge is 0.488 e. The predicted octanol–water partition coefficient (Wildman–Crippen LogP) is 5.89. The number of hydrogen-bond acceptors (Lipinski definition) is 6. The number of halogens is 3. The Morgan fingerprint density at radius 1 is 0.974 bits per heavy atom. The number of aromatic nitrogens is 1. The van der Waals surface area contributed by atoms with Gasteiger partial charge in [0.25, 0.3) is 0 Å². The molecule has 12 heteroatoms. The molecule has 0 bridgehead atoms. The van der Waals surface area contributed by atoms with Crippen LogP contribution >= 0.6 is 7.82 Å². The van der Waals surface area contributed by atoms with Crippen LogP contribution in [-0.4, -0.2) is 21.4 Å². The van der Waals surface area contributed by atoms with Crippen molar-refractivity contribution in [3.8, 4) is 28.2 Å². The third-order valence-corrected chi connectivity index (χ3v) is 6.02. The Kier molecular flexibility index (Phi) is 7.78. The molecule has 0 radical (unpaired) electrons. The highest BCUT2D eigenvalue weighted by Crippen LogP contribution is 2.40. The van der Waals surface area contributed by atoms with Crippen molar-refractivity contribution in [1.29, 1.82) is 0 Å². The van der Waals surface area contributed by atoms with Gasteiger partial charge in [-0.1, -0.05) is 54.6 Å². The number of phosphoric acid groups is 1. The van der Waals surface area contributed by atoms with E-state index in [0.29, 0.717) is 5.56 Å². The van der Waals surface area contributed by atoms with Crippen molar-refractivity contribution >= 4 is 7.82 Å². The molecular formula is C26H24F3N2O6P. The Morgan fingerprint density at radius 3 is 2.24 bits per heavy atom. The molecule has 0 saturated heterocycles. The molecule has 1 atom stereocenters. The molecule has 1 aromatic heterocycles. The van der Waals surface area contributed by atoms with Crippen LogP contribution in [0.25, 0.3) is 22.5 Å². The zero-order valence-electron chi connectivity index (χ0n) is 20.1. The lowest BCUT2D eigenvalue weighted by Crippen LogP contribution is -2.38. The minimum atomic E-state index is -4.80. The lowest BCUT2D eigenvalue weighted by Gasteiger charge is -2.20. The summed E-state index contributed by atoms with van der Waals surface area (Å²) in [5, 5.41) is 0. The zero-order valence-corrected chi connectivity index (χ0v) is 20.9. The molecule has 0 aliphatic rings. The van der Waals surface area contributed by atoms with Crippen LogP contribution in [0.15, 0.2) is 83.4 Å². The van der Waals surface area contributed by atoms with Crippen molar-refractivity contribution in [1.82, 2.24) is 4.98 Å². The van der Waals surface area contributed by atoms with E-state index >= 15 is 0 Å². The quantitative estimate of drug-likeness (QED) is 0.221. The summed E-state index contributed by atoms with van der Waals surface area (Å²) in [6, 6.07) is 20.5. The summed E-state index contributed by atoms with van der Waals surface area (Å²) in [5.74, 6) is -0.554. The maximum atomic E-state index is 13.9. The molecule has 0 aliphatic heterocycles. The van der Waals surface area contributed by atoms with Gasteiger partial charge < -0.3 is 24.7 Å². The third kappa shape index (κ3) is 6.89. The summed E-state index contributed by atoms with van der Waals surface area (Å²) in [6.07, 6.45) is -3.55. The van der Waals surface area contributed by atoms with Gasteiger partial charge in [-0.25, -0.2) is 9.55 Å². The van der Waals surface area contributed by atoms with Crippen molar-refractivity contribution in [3.63, 3.8) is 0 Å². The Hall–Kier alpha value is -3.47. The molecular weight excluding hydrogens is 524 g/mol. The summed E-state index contributed by atoms with van der Waals surface area (Å²) in [6.45, 7) is 0.641. The first-order valence-corrected chi connectivity index (χ1v) is 12.8. The van der Waals surface area contributed by atoms with Crippen LogP contribution < -0.4 is 10.5 Å². The second-order valence-electron chi connectivity index (χ2n) is 8.77. The molecule has 200 valence electrons. The van der Waals surface area contributed by atoms with Crippen molar-refractivity contribution in [2.24, 2.45) is 5.73 Å². The van der Waals surface area contributed by atoms with Crippen molar-refractivity contribution < 1.29 is 41.2 Å². The molecule has 0 unspecified atom stereocenters. The lowest BCUT2D eigenvalue weighted by atomic mass is 10.0. The van der Waals surface area contributed by atoms with Gasteiger partial charge in [0.1, 0.15) is 17.9 Å². The number of oxazole rings is 1. The first kappa shape index (κ1) is 27.6. The molecule has 0 aliphatic carbocycles. The molecule has 38 heavy (non-hydrogen) atoms. The molecule has 1 heterocycles. The maximum absolute atomic E-state index is 13.9. The number of phosphoric ester groups is 1. The fourth-order valence-electron chi connectivity index (χ4n) is 3.57. The number of alkyl halides is 3. The summed E-state index contributed by atoms with van der Waals surface area (Å²) in [4.78, 5) is 21.7. The highest BCUT2D eigenvalue weighted by atomic mass is 31.2. The van der Waals surface area contributed by atoms with Gasteiger partial charge in [0.05, 0.1) is 18.4 Å². The van der Waals surface area contributed by atoms with E-state index in [-0.39, 0.29) is 29.6 Å². The standard InChI is InChI=1S/C26H24F3N2O6P/c1-25(30,16-36-38(32,33)34)24-31-14-23(37-24)20-11-12-22(21(13-20)26(27,28)29)35-15-17-7-9-19(10-8-17)18-5-3-2-4-6-18/h2-14H,15-16,30H2,1H3,(H2,32,33,34)/t25-/m0/s1. The molecule has 4 rings (SSSR count). The molecule has 3 aromatic carbocycles. The average molecular weight is 548 g/mol. The molecule has 4 N–H and O–H groups in total. The second kappa shape index (κ2) is 10.7. The highest BCUT2D eigenvalue weighted by Gasteiger charge is 2.36. The SMILES string of the molecule is C[C@](N)(COP(=O)(O)O)c1ncc(-c2ccc(OCc3ccc(-c4ccccc4)cc3)c(C(F)(F)F)c2)o1. The molecule has 0 amide bonds. The topological polar surface area (TPSA) is 128 Å². The van der Waals surface area contributed by atoms with Gasteiger partial charge in [0.15, 0.2) is 5.76 Å².